The fourth-order valence-electron chi connectivity index (χ4n) is 9.80. The smallest absolute Gasteiger partial charge is 0.164 e. The first kappa shape index (κ1) is 35.2. The molecule has 13 aromatic rings. The molecular weight excluding hydrogens is 769 g/mol. The van der Waals surface area contributed by atoms with E-state index in [1.54, 1.807) is 0 Å². The second-order valence-corrected chi connectivity index (χ2v) is 16.0. The molecule has 0 bridgehead atoms. The summed E-state index contributed by atoms with van der Waals surface area (Å²) in [6.07, 6.45) is 0. The van der Waals surface area contributed by atoms with Gasteiger partial charge >= 0.3 is 0 Å². The molecule has 63 heavy (non-hydrogen) atoms. The predicted molar refractivity (Wildman–Crippen MR) is 259 cm³/mol. The maximum absolute atomic E-state index is 5.35. The average Bonchev–Trinajstić information content (AvgIpc) is 4.00. The number of nitrogens with zero attached hydrogens (tertiary/aromatic N) is 6. The van der Waals surface area contributed by atoms with Gasteiger partial charge in [0.05, 0.1) is 33.1 Å². The van der Waals surface area contributed by atoms with E-state index >= 15 is 0 Å². The van der Waals surface area contributed by atoms with Gasteiger partial charge < -0.3 is 13.7 Å². The molecule has 0 N–H and O–H groups in total. The van der Waals surface area contributed by atoms with Crippen LogP contribution >= 0.6 is 0 Å². The van der Waals surface area contributed by atoms with Crippen LogP contribution in [0.15, 0.2) is 218 Å². The van der Waals surface area contributed by atoms with Crippen LogP contribution < -0.4 is 0 Å². The van der Waals surface area contributed by atoms with E-state index in [2.05, 4.69) is 196 Å². The Balaban J connectivity index is 1.19. The van der Waals surface area contributed by atoms with E-state index in [1.165, 1.54) is 32.6 Å². The second-order valence-electron chi connectivity index (χ2n) is 16.0. The summed E-state index contributed by atoms with van der Waals surface area (Å²) in [6, 6.07) is 77.3. The van der Waals surface area contributed by atoms with Crippen molar-refractivity contribution in [3.63, 3.8) is 0 Å². The number of fused-ring (bicyclic) bond motifs is 10. The molecule has 0 saturated heterocycles. The Morgan fingerprint density at radius 3 is 1.30 bits per heavy atom. The standard InChI is InChI=1S/C57H36N6/c1-5-19-37(20-6-1)55-58-56(38-21-7-2-8-22-38)60-57(59-55)46-35-41(36-51-52(46)44-28-14-17-31-48(44)61(51)39-23-9-3-10-24-39)62-49-32-18-15-29-45(49)53-50(62)34-33-43-42-27-13-16-30-47(42)63(54(43)53)40-25-11-4-12-26-40/h1-36H. The Labute approximate surface area is 362 Å². The first-order chi connectivity index (χ1) is 31.3. The van der Waals surface area contributed by atoms with Crippen LogP contribution in [0.5, 0.6) is 0 Å². The molecular formula is C57H36N6. The van der Waals surface area contributed by atoms with Gasteiger partial charge in [0.2, 0.25) is 0 Å². The summed E-state index contributed by atoms with van der Waals surface area (Å²) < 4.78 is 7.26. The van der Waals surface area contributed by atoms with Gasteiger partial charge in [0.1, 0.15) is 0 Å². The van der Waals surface area contributed by atoms with Crippen molar-refractivity contribution in [2.45, 2.75) is 0 Å². The van der Waals surface area contributed by atoms with Gasteiger partial charge in [-0.15, -0.1) is 0 Å². The summed E-state index contributed by atoms with van der Waals surface area (Å²) in [7, 11) is 0. The van der Waals surface area contributed by atoms with Crippen LogP contribution in [-0.4, -0.2) is 28.7 Å². The molecule has 0 atom stereocenters. The van der Waals surface area contributed by atoms with Gasteiger partial charge in [-0.1, -0.05) is 158 Å². The Morgan fingerprint density at radius 1 is 0.270 bits per heavy atom. The fourth-order valence-corrected chi connectivity index (χ4v) is 9.80. The van der Waals surface area contributed by atoms with Crippen LogP contribution in [-0.2, 0) is 0 Å². The van der Waals surface area contributed by atoms with Gasteiger partial charge in [-0.25, -0.2) is 15.0 Å². The minimum Gasteiger partial charge on any atom is -0.309 e. The van der Waals surface area contributed by atoms with E-state index in [4.69, 9.17) is 15.0 Å². The lowest BCUT2D eigenvalue weighted by molar-refractivity contribution is 1.07. The van der Waals surface area contributed by atoms with Crippen molar-refractivity contribution in [2.75, 3.05) is 0 Å². The van der Waals surface area contributed by atoms with E-state index in [9.17, 15) is 0 Å². The van der Waals surface area contributed by atoms with Gasteiger partial charge in [0.15, 0.2) is 17.5 Å². The Morgan fingerprint density at radius 2 is 0.714 bits per heavy atom. The quantitative estimate of drug-likeness (QED) is 0.168. The molecule has 0 radical (unpaired) electrons. The Hall–Kier alpha value is -8.61. The van der Waals surface area contributed by atoms with E-state index < -0.39 is 0 Å². The lowest BCUT2D eigenvalue weighted by Gasteiger charge is -2.15. The maximum atomic E-state index is 5.35. The van der Waals surface area contributed by atoms with Crippen molar-refractivity contribution in [3.8, 4) is 51.2 Å². The lowest BCUT2D eigenvalue weighted by Crippen LogP contribution is -2.02. The van der Waals surface area contributed by atoms with Gasteiger partial charge in [0.25, 0.3) is 0 Å². The van der Waals surface area contributed by atoms with Crippen LogP contribution in [0.4, 0.5) is 0 Å². The third kappa shape index (κ3) is 5.41. The first-order valence-electron chi connectivity index (χ1n) is 21.3. The average molecular weight is 805 g/mol. The zero-order chi connectivity index (χ0) is 41.4. The summed E-state index contributed by atoms with van der Waals surface area (Å²) in [6.45, 7) is 0. The van der Waals surface area contributed by atoms with Crippen LogP contribution in [0.1, 0.15) is 0 Å². The molecule has 0 spiro atoms. The highest BCUT2D eigenvalue weighted by Crippen LogP contribution is 2.45. The highest BCUT2D eigenvalue weighted by Gasteiger charge is 2.25. The van der Waals surface area contributed by atoms with Crippen molar-refractivity contribution in [2.24, 2.45) is 0 Å². The third-order valence-corrected chi connectivity index (χ3v) is 12.5. The third-order valence-electron chi connectivity index (χ3n) is 12.5. The first-order valence-corrected chi connectivity index (χ1v) is 21.3. The Bertz CT molecular complexity index is 3830. The summed E-state index contributed by atoms with van der Waals surface area (Å²) >= 11 is 0. The summed E-state index contributed by atoms with van der Waals surface area (Å²) in [5, 5.41) is 7.03. The van der Waals surface area contributed by atoms with Crippen molar-refractivity contribution < 1.29 is 0 Å². The van der Waals surface area contributed by atoms with E-state index in [0.717, 1.165) is 66.6 Å². The SMILES string of the molecule is c1ccc(-c2nc(-c3ccccc3)nc(-c3cc(-n4c5ccccc5c5c4ccc4c6ccccc6n(-c6ccccc6)c45)cc4c3c3ccccc3n4-c3ccccc3)n2)cc1. The molecule has 0 amide bonds. The molecule has 4 heterocycles. The van der Waals surface area contributed by atoms with E-state index in [-0.39, 0.29) is 0 Å². The largest absolute Gasteiger partial charge is 0.309 e. The summed E-state index contributed by atoms with van der Waals surface area (Å²) in [5.41, 5.74) is 12.8. The summed E-state index contributed by atoms with van der Waals surface area (Å²) in [5.74, 6) is 1.86. The topological polar surface area (TPSA) is 53.5 Å². The van der Waals surface area contributed by atoms with E-state index in [1.807, 2.05) is 36.4 Å². The molecule has 6 heteroatoms. The van der Waals surface area contributed by atoms with Gasteiger partial charge in [-0.05, 0) is 60.7 Å². The van der Waals surface area contributed by atoms with E-state index in [0.29, 0.717) is 17.5 Å². The molecule has 9 aromatic carbocycles. The fraction of sp³-hybridized carbons (Fsp3) is 0. The number of hydrogen-bond acceptors (Lipinski definition) is 3. The number of para-hydroxylation sites is 5. The molecule has 0 aliphatic rings. The van der Waals surface area contributed by atoms with Crippen molar-refractivity contribution in [1.29, 1.82) is 0 Å². The molecule has 294 valence electrons. The van der Waals surface area contributed by atoms with Crippen molar-refractivity contribution in [1.82, 2.24) is 28.7 Å². The van der Waals surface area contributed by atoms with Gasteiger partial charge in [-0.3, -0.25) is 0 Å². The van der Waals surface area contributed by atoms with Gasteiger partial charge in [0, 0.05) is 66.1 Å². The molecule has 4 aromatic heterocycles. The molecule has 0 unspecified atom stereocenters. The normalized spacial score (nSPS) is 11.8. The molecule has 0 aliphatic carbocycles. The number of aromatic nitrogens is 6. The van der Waals surface area contributed by atoms with Crippen LogP contribution in [0.25, 0.3) is 117 Å². The molecule has 0 saturated carbocycles. The molecule has 13 rings (SSSR count). The van der Waals surface area contributed by atoms with Crippen molar-refractivity contribution >= 4 is 65.4 Å². The second kappa shape index (κ2) is 14.0. The molecule has 0 fully saturated rings. The summed E-state index contributed by atoms with van der Waals surface area (Å²) in [4.78, 5) is 15.8. The monoisotopic (exact) mass is 804 g/mol. The molecule has 0 aliphatic heterocycles. The zero-order valence-electron chi connectivity index (χ0n) is 34.0. The minimum atomic E-state index is 0.609. The Kier molecular flexibility index (Phi) is 7.80. The predicted octanol–water partition coefficient (Wildman–Crippen LogP) is 14.2. The molecule has 6 nitrogen and oxygen atoms in total. The number of hydrogen-bond donors (Lipinski definition) is 0. The number of rotatable bonds is 6. The van der Waals surface area contributed by atoms with Gasteiger partial charge in [-0.2, -0.15) is 0 Å². The maximum Gasteiger partial charge on any atom is 0.164 e. The van der Waals surface area contributed by atoms with Crippen LogP contribution in [0.2, 0.25) is 0 Å². The highest BCUT2D eigenvalue weighted by molar-refractivity contribution is 6.26. The minimum absolute atomic E-state index is 0.609. The zero-order valence-corrected chi connectivity index (χ0v) is 34.0. The number of benzene rings is 9. The van der Waals surface area contributed by atoms with Crippen LogP contribution in [0.3, 0.4) is 0 Å². The lowest BCUT2D eigenvalue weighted by atomic mass is 10.0. The highest BCUT2D eigenvalue weighted by atomic mass is 15.1. The van der Waals surface area contributed by atoms with Crippen LogP contribution in [0, 0.1) is 0 Å². The van der Waals surface area contributed by atoms with Crippen molar-refractivity contribution in [3.05, 3.63) is 218 Å².